The van der Waals surface area contributed by atoms with E-state index < -0.39 is 10.0 Å². The second-order valence-electron chi connectivity index (χ2n) is 7.20. The molecule has 3 heterocycles. The molecule has 7 nitrogen and oxygen atoms in total. The van der Waals surface area contributed by atoms with Crippen molar-refractivity contribution < 1.29 is 8.42 Å². The minimum atomic E-state index is -3.37. The zero-order chi connectivity index (χ0) is 19.6. The minimum Gasteiger partial charge on any atom is -0.356 e. The Bertz CT molecular complexity index is 925. The fourth-order valence-corrected chi connectivity index (χ4v) is 5.47. The first kappa shape index (κ1) is 19.4. The lowest BCUT2D eigenvalue weighted by Gasteiger charge is -2.35. The van der Waals surface area contributed by atoms with Gasteiger partial charge in [-0.2, -0.15) is 4.31 Å². The molecule has 150 valence electrons. The summed E-state index contributed by atoms with van der Waals surface area (Å²) in [6.07, 6.45) is 4.00. The second kappa shape index (κ2) is 8.23. The predicted octanol–water partition coefficient (Wildman–Crippen LogP) is 2.38. The van der Waals surface area contributed by atoms with E-state index >= 15 is 0 Å². The lowest BCUT2D eigenvalue weighted by atomic mass is 10.2. The molecule has 2 fully saturated rings. The van der Waals surface area contributed by atoms with Crippen LogP contribution in [-0.2, 0) is 15.8 Å². The van der Waals surface area contributed by atoms with Crippen molar-refractivity contribution in [2.45, 2.75) is 18.6 Å². The zero-order valence-electron chi connectivity index (χ0n) is 15.7. The summed E-state index contributed by atoms with van der Waals surface area (Å²) in [5, 5.41) is 0.551. The molecule has 2 saturated heterocycles. The lowest BCUT2D eigenvalue weighted by molar-refractivity contribution is 0.383. The summed E-state index contributed by atoms with van der Waals surface area (Å²) in [6.45, 7) is 4.20. The van der Waals surface area contributed by atoms with Crippen LogP contribution in [0.3, 0.4) is 0 Å². The summed E-state index contributed by atoms with van der Waals surface area (Å²) in [6, 6.07) is 9.03. The normalized spacial score (nSPS) is 18.6. The third kappa shape index (κ3) is 4.39. The van der Waals surface area contributed by atoms with Gasteiger partial charge in [-0.1, -0.05) is 23.7 Å². The number of sulfonamides is 1. The Labute approximate surface area is 171 Å². The Kier molecular flexibility index (Phi) is 5.70. The van der Waals surface area contributed by atoms with Crippen molar-refractivity contribution in [2.75, 3.05) is 49.1 Å². The fourth-order valence-electron chi connectivity index (χ4n) is 3.75. The molecule has 1 aromatic carbocycles. The Balaban J connectivity index is 1.39. The number of hydrogen-bond acceptors (Lipinski definition) is 6. The molecule has 2 aromatic rings. The molecule has 0 bridgehead atoms. The van der Waals surface area contributed by atoms with Crippen LogP contribution >= 0.6 is 11.6 Å². The quantitative estimate of drug-likeness (QED) is 0.738. The van der Waals surface area contributed by atoms with Crippen molar-refractivity contribution in [3.63, 3.8) is 0 Å². The molecule has 9 heteroatoms. The number of halogens is 1. The van der Waals surface area contributed by atoms with E-state index in [9.17, 15) is 8.42 Å². The van der Waals surface area contributed by atoms with Crippen molar-refractivity contribution in [2.24, 2.45) is 0 Å². The molecule has 0 aliphatic carbocycles. The van der Waals surface area contributed by atoms with Crippen LogP contribution in [0.4, 0.5) is 11.6 Å². The van der Waals surface area contributed by atoms with E-state index in [2.05, 4.69) is 19.8 Å². The van der Waals surface area contributed by atoms with Gasteiger partial charge in [-0.15, -0.1) is 0 Å². The van der Waals surface area contributed by atoms with Crippen molar-refractivity contribution >= 4 is 33.3 Å². The van der Waals surface area contributed by atoms with Gasteiger partial charge in [0.05, 0.1) is 5.75 Å². The molecule has 4 rings (SSSR count). The van der Waals surface area contributed by atoms with E-state index in [-0.39, 0.29) is 5.75 Å². The minimum absolute atomic E-state index is 0.0276. The van der Waals surface area contributed by atoms with Crippen LogP contribution in [0.1, 0.15) is 18.4 Å². The Morgan fingerprint density at radius 3 is 2.18 bits per heavy atom. The third-order valence-electron chi connectivity index (χ3n) is 5.26. The molecule has 0 spiro atoms. The Morgan fingerprint density at radius 1 is 0.893 bits per heavy atom. The molecule has 0 N–H and O–H groups in total. The van der Waals surface area contributed by atoms with Crippen LogP contribution in [-0.4, -0.2) is 62.0 Å². The van der Waals surface area contributed by atoms with Crippen molar-refractivity contribution in [3.8, 4) is 0 Å². The average molecular weight is 422 g/mol. The highest BCUT2D eigenvalue weighted by atomic mass is 35.5. The van der Waals surface area contributed by atoms with Gasteiger partial charge < -0.3 is 9.80 Å². The summed E-state index contributed by atoms with van der Waals surface area (Å²) in [7, 11) is -3.37. The van der Waals surface area contributed by atoms with E-state index in [1.807, 2.05) is 6.07 Å². The highest BCUT2D eigenvalue weighted by Crippen LogP contribution is 2.23. The molecule has 2 aliphatic rings. The maximum Gasteiger partial charge on any atom is 0.218 e. The standard InChI is InChI=1S/C19H24ClN5O2S/c20-17-5-3-4-16(12-17)14-28(26,27)25-10-8-24(9-11-25)19-13-18(21-15-22-19)23-6-1-2-7-23/h3-5,12-13,15H,1-2,6-11,14H2. The highest BCUT2D eigenvalue weighted by molar-refractivity contribution is 7.88. The highest BCUT2D eigenvalue weighted by Gasteiger charge is 2.28. The van der Waals surface area contributed by atoms with Gasteiger partial charge in [0.1, 0.15) is 18.0 Å². The number of piperazine rings is 1. The van der Waals surface area contributed by atoms with Crippen LogP contribution in [0.25, 0.3) is 0 Å². The fraction of sp³-hybridized carbons (Fsp3) is 0.474. The van der Waals surface area contributed by atoms with Gasteiger partial charge in [0, 0.05) is 50.4 Å². The monoisotopic (exact) mass is 421 g/mol. The van der Waals surface area contributed by atoms with E-state index in [4.69, 9.17) is 11.6 Å². The largest absolute Gasteiger partial charge is 0.356 e. The molecule has 28 heavy (non-hydrogen) atoms. The topological polar surface area (TPSA) is 69.6 Å². The van der Waals surface area contributed by atoms with Gasteiger partial charge in [-0.25, -0.2) is 18.4 Å². The molecular formula is C19H24ClN5O2S. The summed E-state index contributed by atoms with van der Waals surface area (Å²) in [5.74, 6) is 1.79. The van der Waals surface area contributed by atoms with Gasteiger partial charge in [0.25, 0.3) is 0 Å². The van der Waals surface area contributed by atoms with Crippen LogP contribution in [0, 0.1) is 0 Å². The van der Waals surface area contributed by atoms with Crippen molar-refractivity contribution in [3.05, 3.63) is 47.2 Å². The molecular weight excluding hydrogens is 398 g/mol. The Hall–Kier alpha value is -1.90. The number of nitrogens with zero attached hydrogens (tertiary/aromatic N) is 5. The third-order valence-corrected chi connectivity index (χ3v) is 7.35. The van der Waals surface area contributed by atoms with Gasteiger partial charge in [-0.05, 0) is 30.5 Å². The number of rotatable bonds is 5. The zero-order valence-corrected chi connectivity index (χ0v) is 17.2. The molecule has 0 amide bonds. The molecule has 2 aliphatic heterocycles. The van der Waals surface area contributed by atoms with Crippen molar-refractivity contribution in [1.82, 2.24) is 14.3 Å². The van der Waals surface area contributed by atoms with E-state index in [0.717, 1.165) is 24.7 Å². The number of benzene rings is 1. The van der Waals surface area contributed by atoms with Gasteiger partial charge >= 0.3 is 0 Å². The lowest BCUT2D eigenvalue weighted by Crippen LogP contribution is -2.49. The SMILES string of the molecule is O=S(=O)(Cc1cccc(Cl)c1)N1CCN(c2cc(N3CCCC3)ncn2)CC1. The first-order valence-electron chi connectivity index (χ1n) is 9.55. The summed E-state index contributed by atoms with van der Waals surface area (Å²) < 4.78 is 27.1. The molecule has 0 radical (unpaired) electrons. The predicted molar refractivity (Wildman–Crippen MR) is 111 cm³/mol. The first-order valence-corrected chi connectivity index (χ1v) is 11.5. The summed E-state index contributed by atoms with van der Waals surface area (Å²) in [4.78, 5) is 13.2. The smallest absolute Gasteiger partial charge is 0.218 e. The van der Waals surface area contributed by atoms with Crippen LogP contribution < -0.4 is 9.80 Å². The number of anilines is 2. The van der Waals surface area contributed by atoms with Crippen molar-refractivity contribution in [1.29, 1.82) is 0 Å². The number of aromatic nitrogens is 2. The maximum absolute atomic E-state index is 12.8. The average Bonchev–Trinajstić information content (AvgIpc) is 3.23. The second-order valence-corrected chi connectivity index (χ2v) is 9.61. The summed E-state index contributed by atoms with van der Waals surface area (Å²) in [5.41, 5.74) is 0.709. The van der Waals surface area contributed by atoms with Gasteiger partial charge in [0.2, 0.25) is 10.0 Å². The van der Waals surface area contributed by atoms with E-state index in [1.165, 1.54) is 12.8 Å². The van der Waals surface area contributed by atoms with Crippen LogP contribution in [0.2, 0.25) is 5.02 Å². The van der Waals surface area contributed by atoms with E-state index in [0.29, 0.717) is 36.8 Å². The first-order chi connectivity index (χ1) is 13.5. The summed E-state index contributed by atoms with van der Waals surface area (Å²) >= 11 is 5.98. The molecule has 1 aromatic heterocycles. The Morgan fingerprint density at radius 2 is 1.54 bits per heavy atom. The van der Waals surface area contributed by atoms with E-state index in [1.54, 1.807) is 34.9 Å². The van der Waals surface area contributed by atoms with Crippen LogP contribution in [0.5, 0.6) is 0 Å². The van der Waals surface area contributed by atoms with Gasteiger partial charge in [-0.3, -0.25) is 0 Å². The maximum atomic E-state index is 12.8. The molecule has 0 saturated carbocycles. The molecule has 0 atom stereocenters. The van der Waals surface area contributed by atoms with Crippen LogP contribution in [0.15, 0.2) is 36.7 Å². The molecule has 0 unspecified atom stereocenters. The van der Waals surface area contributed by atoms with Gasteiger partial charge in [0.15, 0.2) is 0 Å². The number of hydrogen-bond donors (Lipinski definition) is 0.